The van der Waals surface area contributed by atoms with Crippen LogP contribution >= 0.6 is 30.8 Å². The third-order valence-electron chi connectivity index (χ3n) is 2.25. The van der Waals surface area contributed by atoms with Gasteiger partial charge in [-0.25, -0.2) is 0 Å². The van der Waals surface area contributed by atoms with Gasteiger partial charge in [0.1, 0.15) is 0 Å². The minimum atomic E-state index is -3.59. The van der Waals surface area contributed by atoms with Crippen molar-refractivity contribution in [3.8, 4) is 0 Å². The van der Waals surface area contributed by atoms with E-state index in [4.69, 9.17) is 23.2 Å². The van der Waals surface area contributed by atoms with E-state index in [-0.39, 0.29) is 5.03 Å². The highest BCUT2D eigenvalue weighted by Crippen LogP contribution is 2.51. The predicted octanol–water partition coefficient (Wildman–Crippen LogP) is 3.72. The van der Waals surface area contributed by atoms with Gasteiger partial charge in [-0.2, -0.15) is 0 Å². The first-order chi connectivity index (χ1) is 8.42. The molecule has 1 aromatic rings. The molecule has 0 saturated carbocycles. The second-order valence-electron chi connectivity index (χ2n) is 3.34. The fraction of sp³-hybridized carbons (Fsp3) is 0.273. The molecule has 1 unspecified atom stereocenters. The highest BCUT2D eigenvalue weighted by molar-refractivity contribution is 7.54. The van der Waals surface area contributed by atoms with Gasteiger partial charge in [0.2, 0.25) is 0 Å². The Hall–Kier alpha value is -0.350. The number of aliphatic hydroxyl groups excluding tert-OH is 1. The van der Waals surface area contributed by atoms with Crippen molar-refractivity contribution < 1.29 is 18.7 Å². The summed E-state index contributed by atoms with van der Waals surface area (Å²) in [6, 6.07) is 6.67. The van der Waals surface area contributed by atoms with Gasteiger partial charge >= 0.3 is 7.60 Å². The topological polar surface area (TPSA) is 55.8 Å². The van der Waals surface area contributed by atoms with Crippen LogP contribution in [0.15, 0.2) is 30.3 Å². The van der Waals surface area contributed by atoms with Crippen LogP contribution in [0.4, 0.5) is 0 Å². The Kier molecular flexibility index (Phi) is 5.86. The molecule has 7 heteroatoms. The number of hydrogen-bond donors (Lipinski definition) is 1. The summed E-state index contributed by atoms with van der Waals surface area (Å²) in [5.41, 5.74) is 0.638. The highest BCUT2D eigenvalue weighted by atomic mass is 35.5. The van der Waals surface area contributed by atoms with E-state index in [2.05, 4.69) is 9.05 Å². The van der Waals surface area contributed by atoms with Crippen molar-refractivity contribution >= 4 is 35.8 Å². The second kappa shape index (κ2) is 6.71. The minimum Gasteiger partial charge on any atom is -0.377 e. The second-order valence-corrected chi connectivity index (χ2v) is 6.52. The molecular formula is C11H13Cl2O4P. The van der Waals surface area contributed by atoms with E-state index in [0.29, 0.717) is 10.6 Å². The smallest absolute Gasteiger partial charge is 0.362 e. The molecule has 1 N–H and O–H groups in total. The molecule has 18 heavy (non-hydrogen) atoms. The molecule has 0 aliphatic carbocycles. The lowest BCUT2D eigenvalue weighted by molar-refractivity contribution is 0.201. The van der Waals surface area contributed by atoms with E-state index >= 15 is 0 Å². The zero-order chi connectivity index (χ0) is 13.8. The molecule has 1 atom stereocenters. The van der Waals surface area contributed by atoms with Gasteiger partial charge in [0.05, 0.1) is 0 Å². The number of benzene rings is 1. The van der Waals surface area contributed by atoms with Crippen LogP contribution < -0.4 is 0 Å². The van der Waals surface area contributed by atoms with Crippen molar-refractivity contribution in [3.05, 3.63) is 40.9 Å². The van der Waals surface area contributed by atoms with Gasteiger partial charge in [-0.3, -0.25) is 4.57 Å². The van der Waals surface area contributed by atoms with Crippen LogP contribution in [0.25, 0.3) is 5.03 Å². The van der Waals surface area contributed by atoms with Crippen LogP contribution in [-0.2, 0) is 13.6 Å². The average Bonchev–Trinajstić information content (AvgIpc) is 2.38. The van der Waals surface area contributed by atoms with Gasteiger partial charge in [-0.05, 0) is 23.8 Å². The lowest BCUT2D eigenvalue weighted by Crippen LogP contribution is -2.07. The minimum absolute atomic E-state index is 0.230. The van der Waals surface area contributed by atoms with Crippen LogP contribution in [0, 0.1) is 0 Å². The number of halogens is 2. The summed E-state index contributed by atoms with van der Waals surface area (Å²) in [6.07, 6.45) is 1.21. The zero-order valence-electron chi connectivity index (χ0n) is 9.84. The molecule has 0 amide bonds. The Labute approximate surface area is 116 Å². The summed E-state index contributed by atoms with van der Waals surface area (Å²) in [7, 11) is -1.20. The maximum Gasteiger partial charge on any atom is 0.362 e. The fourth-order valence-electron chi connectivity index (χ4n) is 1.22. The lowest BCUT2D eigenvalue weighted by Gasteiger charge is -2.17. The molecule has 0 bridgehead atoms. The molecule has 0 spiro atoms. The first-order valence-corrected chi connectivity index (χ1v) is 7.32. The molecule has 4 nitrogen and oxygen atoms in total. The summed E-state index contributed by atoms with van der Waals surface area (Å²) in [5.74, 6) is -1.43. The Morgan fingerprint density at radius 2 is 1.83 bits per heavy atom. The van der Waals surface area contributed by atoms with Crippen LogP contribution in [0.3, 0.4) is 0 Å². The standard InChI is InChI=1S/C11H13Cl2O4P/c1-16-18(15,17-2)11(14)7-10(13)8-3-5-9(12)6-4-8/h3-7,11,14H,1-2H3/b10-7-. The van der Waals surface area contributed by atoms with Crippen molar-refractivity contribution in [2.75, 3.05) is 14.2 Å². The molecule has 0 radical (unpaired) electrons. The molecule has 0 aliphatic rings. The van der Waals surface area contributed by atoms with Gasteiger partial charge in [0.15, 0.2) is 5.85 Å². The molecule has 0 aliphatic heterocycles. The normalized spacial score (nSPS) is 14.6. The predicted molar refractivity (Wildman–Crippen MR) is 72.9 cm³/mol. The third kappa shape index (κ3) is 3.82. The SMILES string of the molecule is COP(=O)(OC)C(O)/C=C(\Cl)c1ccc(Cl)cc1. The van der Waals surface area contributed by atoms with E-state index < -0.39 is 13.4 Å². The fourth-order valence-corrected chi connectivity index (χ4v) is 2.59. The molecule has 0 saturated heterocycles. The maximum absolute atomic E-state index is 11.9. The summed E-state index contributed by atoms with van der Waals surface area (Å²) in [4.78, 5) is 0. The van der Waals surface area contributed by atoms with E-state index in [1.807, 2.05) is 0 Å². The molecule has 1 aromatic carbocycles. The van der Waals surface area contributed by atoms with Gasteiger partial charge in [0.25, 0.3) is 0 Å². The van der Waals surface area contributed by atoms with Gasteiger partial charge < -0.3 is 14.2 Å². The maximum atomic E-state index is 11.9. The Bertz CT molecular complexity index is 464. The first-order valence-electron chi connectivity index (χ1n) is 4.95. The summed E-state index contributed by atoms with van der Waals surface area (Å²) >= 11 is 11.7. The molecular weight excluding hydrogens is 298 g/mol. The lowest BCUT2D eigenvalue weighted by atomic mass is 10.2. The Morgan fingerprint density at radius 3 is 2.28 bits per heavy atom. The molecule has 0 fully saturated rings. The number of aliphatic hydroxyl groups is 1. The van der Waals surface area contributed by atoms with Crippen LogP contribution in [-0.4, -0.2) is 25.2 Å². The van der Waals surface area contributed by atoms with Crippen molar-refractivity contribution in [3.63, 3.8) is 0 Å². The largest absolute Gasteiger partial charge is 0.377 e. The molecule has 1 rings (SSSR count). The van der Waals surface area contributed by atoms with Crippen LogP contribution in [0.5, 0.6) is 0 Å². The van der Waals surface area contributed by atoms with Gasteiger partial charge in [0, 0.05) is 24.3 Å². The van der Waals surface area contributed by atoms with Crippen LogP contribution in [0.2, 0.25) is 5.02 Å². The van der Waals surface area contributed by atoms with Gasteiger partial charge in [-0.1, -0.05) is 35.3 Å². The van der Waals surface area contributed by atoms with Crippen molar-refractivity contribution in [1.82, 2.24) is 0 Å². The molecule has 0 heterocycles. The summed E-state index contributed by atoms with van der Waals surface area (Å²) < 4.78 is 21.2. The quantitative estimate of drug-likeness (QED) is 0.842. The van der Waals surface area contributed by atoms with Crippen molar-refractivity contribution in [2.24, 2.45) is 0 Å². The van der Waals surface area contributed by atoms with E-state index in [1.54, 1.807) is 24.3 Å². The van der Waals surface area contributed by atoms with Crippen molar-refractivity contribution in [2.45, 2.75) is 5.85 Å². The van der Waals surface area contributed by atoms with Crippen molar-refractivity contribution in [1.29, 1.82) is 0 Å². The van der Waals surface area contributed by atoms with Crippen LogP contribution in [0.1, 0.15) is 5.56 Å². The number of hydrogen-bond acceptors (Lipinski definition) is 4. The van der Waals surface area contributed by atoms with Gasteiger partial charge in [-0.15, -0.1) is 0 Å². The monoisotopic (exact) mass is 310 g/mol. The van der Waals surface area contributed by atoms with E-state index in [0.717, 1.165) is 0 Å². The number of rotatable bonds is 5. The van der Waals surface area contributed by atoms with E-state index in [9.17, 15) is 9.67 Å². The highest BCUT2D eigenvalue weighted by Gasteiger charge is 2.30. The third-order valence-corrected chi connectivity index (χ3v) is 4.66. The molecule has 100 valence electrons. The Morgan fingerprint density at radius 1 is 1.33 bits per heavy atom. The molecule has 0 aromatic heterocycles. The van der Waals surface area contributed by atoms with E-state index in [1.165, 1.54) is 20.3 Å². The summed E-state index contributed by atoms with van der Waals surface area (Å²) in [6.45, 7) is 0. The summed E-state index contributed by atoms with van der Waals surface area (Å²) in [5, 5.41) is 10.6. The average molecular weight is 311 g/mol. The first kappa shape index (κ1) is 15.7. The zero-order valence-corrected chi connectivity index (χ0v) is 12.2. The Balaban J connectivity index is 2.96.